The Hall–Kier alpha value is -3.04. The molecule has 1 aliphatic heterocycles. The molecule has 1 aliphatic rings. The number of aromatic amines is 1. The second-order valence-electron chi connectivity index (χ2n) is 9.72. The Balaban J connectivity index is 1.15. The number of likely N-dealkylation sites (N-methyl/N-ethyl adjacent to an activating group) is 1. The quantitative estimate of drug-likeness (QED) is 0.262. The number of ether oxygens (including phenoxy) is 1. The first kappa shape index (κ1) is 26.6. The molecule has 38 heavy (non-hydrogen) atoms. The van der Waals surface area contributed by atoms with Crippen molar-refractivity contribution >= 4 is 38.2 Å². The lowest BCUT2D eigenvalue weighted by atomic mass is 10.1. The lowest BCUT2D eigenvalue weighted by molar-refractivity contribution is 0.360. The molecule has 7 nitrogen and oxygen atoms in total. The fourth-order valence-corrected chi connectivity index (χ4v) is 6.04. The molecule has 1 aromatic heterocycles. The topological polar surface area (TPSA) is 77.7 Å². The van der Waals surface area contributed by atoms with Crippen LogP contribution in [-0.4, -0.2) is 58.1 Å². The summed E-state index contributed by atoms with van der Waals surface area (Å²) >= 11 is 6.12. The summed E-state index contributed by atoms with van der Waals surface area (Å²) in [7, 11) is -1.46. The number of H-pyrrole nitrogens is 1. The van der Waals surface area contributed by atoms with Crippen LogP contribution in [0, 0.1) is 0 Å². The molecule has 9 heteroatoms. The van der Waals surface area contributed by atoms with Crippen LogP contribution in [0.4, 0.5) is 5.69 Å². The van der Waals surface area contributed by atoms with E-state index in [9.17, 15) is 8.42 Å². The zero-order chi connectivity index (χ0) is 26.5. The second-order valence-corrected chi connectivity index (χ2v) is 11.9. The van der Waals surface area contributed by atoms with Gasteiger partial charge in [-0.15, -0.1) is 0 Å². The highest BCUT2D eigenvalue weighted by molar-refractivity contribution is 7.89. The van der Waals surface area contributed by atoms with Gasteiger partial charge in [-0.05, 0) is 93.0 Å². The third kappa shape index (κ3) is 6.50. The summed E-state index contributed by atoms with van der Waals surface area (Å²) in [5.74, 6) is 1.32. The molecule has 2 N–H and O–H groups in total. The number of hydrogen-bond donors (Lipinski definition) is 2. The van der Waals surface area contributed by atoms with Crippen LogP contribution >= 0.6 is 11.6 Å². The molecule has 2 heterocycles. The Morgan fingerprint density at radius 1 is 0.974 bits per heavy atom. The number of benzene rings is 3. The summed E-state index contributed by atoms with van der Waals surface area (Å²) in [6, 6.07) is 20.3. The standard InChI is InChI=1S/C29H33ClN4O3S/c1-33-15-4-16-34(18-17-33)24-6-2-7-26(20-24)37-25-9-11-27(12-10-25)38(35,36)32-14-3-5-22-21-31-29-13-8-23(30)19-28(22)29/h2,6-13,19-21,31-32H,3-5,14-18H2,1H3. The van der Waals surface area contributed by atoms with Crippen LogP contribution in [0.25, 0.3) is 10.9 Å². The van der Waals surface area contributed by atoms with Crippen LogP contribution in [-0.2, 0) is 16.4 Å². The molecule has 200 valence electrons. The summed E-state index contributed by atoms with van der Waals surface area (Å²) in [6.07, 6.45) is 4.49. The zero-order valence-corrected chi connectivity index (χ0v) is 23.1. The predicted octanol–water partition coefficient (Wildman–Crippen LogP) is 5.67. The fraction of sp³-hybridized carbons (Fsp3) is 0.310. The molecule has 1 fully saturated rings. The normalized spacial score (nSPS) is 15.1. The minimum absolute atomic E-state index is 0.214. The highest BCUT2D eigenvalue weighted by atomic mass is 35.5. The summed E-state index contributed by atoms with van der Waals surface area (Å²) in [5, 5.41) is 1.75. The maximum absolute atomic E-state index is 12.8. The van der Waals surface area contributed by atoms with Gasteiger partial charge in [0, 0.05) is 60.1 Å². The van der Waals surface area contributed by atoms with Crippen molar-refractivity contribution in [2.24, 2.45) is 0 Å². The van der Waals surface area contributed by atoms with Gasteiger partial charge in [0.05, 0.1) is 4.90 Å². The lowest BCUT2D eigenvalue weighted by Crippen LogP contribution is -2.28. The third-order valence-corrected chi connectivity index (χ3v) is 8.63. The van der Waals surface area contributed by atoms with Gasteiger partial charge >= 0.3 is 0 Å². The predicted molar refractivity (Wildman–Crippen MR) is 154 cm³/mol. The number of nitrogens with one attached hydrogen (secondary N) is 2. The van der Waals surface area contributed by atoms with Crippen molar-refractivity contribution in [2.45, 2.75) is 24.2 Å². The number of anilines is 1. The summed E-state index contributed by atoms with van der Waals surface area (Å²) in [6.45, 7) is 4.48. The minimum Gasteiger partial charge on any atom is -0.457 e. The number of fused-ring (bicyclic) bond motifs is 1. The number of aryl methyl sites for hydroxylation is 1. The Bertz CT molecular complexity index is 1490. The molecule has 0 radical (unpaired) electrons. The van der Waals surface area contributed by atoms with Crippen LogP contribution in [0.3, 0.4) is 0 Å². The van der Waals surface area contributed by atoms with Gasteiger partial charge < -0.3 is 19.5 Å². The van der Waals surface area contributed by atoms with Crippen molar-refractivity contribution in [1.82, 2.24) is 14.6 Å². The van der Waals surface area contributed by atoms with E-state index in [-0.39, 0.29) is 4.90 Å². The number of rotatable bonds is 9. The van der Waals surface area contributed by atoms with Gasteiger partial charge in [-0.3, -0.25) is 0 Å². The average Bonchev–Trinajstić information content (AvgIpc) is 3.17. The largest absolute Gasteiger partial charge is 0.457 e. The maximum atomic E-state index is 12.8. The Morgan fingerprint density at radius 3 is 2.66 bits per heavy atom. The van der Waals surface area contributed by atoms with E-state index in [4.69, 9.17) is 16.3 Å². The van der Waals surface area contributed by atoms with Crippen molar-refractivity contribution < 1.29 is 13.2 Å². The van der Waals surface area contributed by atoms with Crippen molar-refractivity contribution in [1.29, 1.82) is 0 Å². The first-order chi connectivity index (χ1) is 18.4. The van der Waals surface area contributed by atoms with E-state index in [0.29, 0.717) is 23.7 Å². The van der Waals surface area contributed by atoms with Crippen LogP contribution < -0.4 is 14.4 Å². The average molecular weight is 553 g/mol. The van der Waals surface area contributed by atoms with Crippen LogP contribution in [0.2, 0.25) is 5.02 Å². The molecule has 0 saturated carbocycles. The molecular formula is C29H33ClN4O3S. The van der Waals surface area contributed by atoms with Gasteiger partial charge in [0.2, 0.25) is 10.0 Å². The molecule has 3 aromatic carbocycles. The number of aromatic nitrogens is 1. The van der Waals surface area contributed by atoms with E-state index in [1.54, 1.807) is 24.3 Å². The van der Waals surface area contributed by atoms with Gasteiger partial charge in [0.25, 0.3) is 0 Å². The third-order valence-electron chi connectivity index (χ3n) is 6.92. The van der Waals surface area contributed by atoms with Crippen LogP contribution in [0.15, 0.2) is 77.8 Å². The van der Waals surface area contributed by atoms with Gasteiger partial charge in [-0.1, -0.05) is 17.7 Å². The Morgan fingerprint density at radius 2 is 1.82 bits per heavy atom. The molecular weight excluding hydrogens is 520 g/mol. The van der Waals surface area contributed by atoms with Crippen molar-refractivity contribution in [3.05, 3.63) is 83.5 Å². The monoisotopic (exact) mass is 552 g/mol. The van der Waals surface area contributed by atoms with E-state index in [2.05, 4.69) is 32.6 Å². The number of hydrogen-bond acceptors (Lipinski definition) is 5. The van der Waals surface area contributed by atoms with E-state index >= 15 is 0 Å². The van der Waals surface area contributed by atoms with Gasteiger partial charge in [-0.2, -0.15) is 0 Å². The van der Waals surface area contributed by atoms with Crippen molar-refractivity contribution in [3.8, 4) is 11.5 Å². The molecule has 4 aromatic rings. The molecule has 0 unspecified atom stereocenters. The number of sulfonamides is 1. The second kappa shape index (κ2) is 11.8. The molecule has 0 amide bonds. The van der Waals surface area contributed by atoms with E-state index in [0.717, 1.165) is 66.9 Å². The van der Waals surface area contributed by atoms with Gasteiger partial charge in [0.1, 0.15) is 11.5 Å². The molecule has 1 saturated heterocycles. The summed E-state index contributed by atoms with van der Waals surface area (Å²) < 4.78 is 34.4. The Kier molecular flexibility index (Phi) is 8.24. The highest BCUT2D eigenvalue weighted by Crippen LogP contribution is 2.28. The van der Waals surface area contributed by atoms with E-state index < -0.39 is 10.0 Å². The van der Waals surface area contributed by atoms with Gasteiger partial charge in [-0.25, -0.2) is 13.1 Å². The minimum atomic E-state index is -3.61. The molecule has 0 bridgehead atoms. The smallest absolute Gasteiger partial charge is 0.240 e. The molecule has 5 rings (SSSR count). The first-order valence-corrected chi connectivity index (χ1v) is 14.8. The number of halogens is 1. The highest BCUT2D eigenvalue weighted by Gasteiger charge is 2.15. The van der Waals surface area contributed by atoms with Crippen molar-refractivity contribution in [2.75, 3.05) is 44.7 Å². The van der Waals surface area contributed by atoms with E-state index in [1.807, 2.05) is 42.6 Å². The van der Waals surface area contributed by atoms with Gasteiger partial charge in [0.15, 0.2) is 0 Å². The Labute approximate surface area is 229 Å². The molecule has 0 atom stereocenters. The molecule has 0 spiro atoms. The molecule has 0 aliphatic carbocycles. The van der Waals surface area contributed by atoms with Crippen LogP contribution in [0.1, 0.15) is 18.4 Å². The lowest BCUT2D eigenvalue weighted by Gasteiger charge is -2.23. The van der Waals surface area contributed by atoms with E-state index in [1.165, 1.54) is 0 Å². The van der Waals surface area contributed by atoms with Crippen LogP contribution in [0.5, 0.6) is 11.5 Å². The number of nitrogens with zero attached hydrogens (tertiary/aromatic N) is 2. The first-order valence-electron chi connectivity index (χ1n) is 12.9. The summed E-state index contributed by atoms with van der Waals surface area (Å²) in [5.41, 5.74) is 3.28. The zero-order valence-electron chi connectivity index (χ0n) is 21.5. The fourth-order valence-electron chi connectivity index (χ4n) is 4.80. The maximum Gasteiger partial charge on any atom is 0.240 e. The van der Waals surface area contributed by atoms with Crippen molar-refractivity contribution in [3.63, 3.8) is 0 Å². The SMILES string of the molecule is CN1CCCN(c2cccc(Oc3ccc(S(=O)(=O)NCCCc4c[nH]c5ccc(Cl)cc45)cc3)c2)CC1. The summed E-state index contributed by atoms with van der Waals surface area (Å²) in [4.78, 5) is 8.18.